The van der Waals surface area contributed by atoms with E-state index >= 15 is 0 Å². The first-order chi connectivity index (χ1) is 67.8. The molecule has 0 spiro atoms. The molecule has 0 amide bonds. The molecule has 143 heavy (non-hydrogen) atoms. The van der Waals surface area contributed by atoms with Crippen molar-refractivity contribution in [2.45, 2.75) is 175 Å². The number of hydrogen-bond donors (Lipinski definition) is 15. The number of methoxy groups -OCH3 is 5. The van der Waals surface area contributed by atoms with E-state index in [0.717, 1.165) is 95.6 Å². The third kappa shape index (κ3) is 21.1. The standard InChI is InChI=1S/C72H94N27O39P5/c1-27-16-29(3)98(90-27)58-40-55(86-69(87-58)99-30(4)17-28(2)91-99)95(24-78-40)61-44(102)43(101)32(129-61)19-123-139(108,109)135-46-33(130-63(51(46)119-6)93-14-11-38(74)82-71(93)106)20-125-142(114,115)138-49-36(133-66(54(49)122-9)97-26-80-42-57(97)85-68(77)89-60(42)104)23-127-141(112,113)136-47-34(131-64(52(47)120-7)94-15-12-39(75)83-72(94)107)21-126-143(116,117)137-48-35(132-65(53(48)121-8)96-25-79-41-56(96)84-67(76)88-59(41)103)22-124-140(110,111)134-45-31(18-100)128-62(50(45)118-5)92-13-10-37(73)81-70(92)105/h10-17,24-26,31-36,43-54,61-66,100-102H,18-23H2,1-9H3,(H,108,109)(H,110,111)(H,112,113)(H,114,115)(H,116,117)(H2,73,81,105)(H2,74,82,106)(H2,75,83,107)(H3,76,84,88,103)(H3,77,85,89,104)/t31-,32-,33-,34-,35-,36-,43-,44-,45-,46-,47-,48-,49-,50-,51-,52-,53-,54-,61-,62-,63-,64-,65-,66-/m1/s1. The zero-order valence-corrected chi connectivity index (χ0v) is 80.2. The van der Waals surface area contributed by atoms with Gasteiger partial charge in [0.2, 0.25) is 11.9 Å². The Bertz CT molecular complexity index is 7170. The van der Waals surface area contributed by atoms with E-state index in [9.17, 15) is 86.6 Å². The molecule has 6 aliphatic rings. The number of aryl methyl sites for hydroxylation is 4. The van der Waals surface area contributed by atoms with Crippen molar-refractivity contribution >= 4 is 102 Å². The summed E-state index contributed by atoms with van der Waals surface area (Å²) >= 11 is 0. The lowest BCUT2D eigenvalue weighted by atomic mass is 10.1. The first kappa shape index (κ1) is 104. The summed E-state index contributed by atoms with van der Waals surface area (Å²) in [5.41, 5.74) is 25.8. The smallest absolute Gasteiger partial charge is 0.394 e. The first-order valence-electron chi connectivity index (χ1n) is 42.4. The van der Waals surface area contributed by atoms with E-state index in [2.05, 4.69) is 60.0 Å². The molecule has 17 rings (SSSR count). The number of fused-ring (bicyclic) bond motifs is 3. The zero-order valence-electron chi connectivity index (χ0n) is 75.8. The van der Waals surface area contributed by atoms with Crippen LogP contribution in [0.4, 0.5) is 29.4 Å². The van der Waals surface area contributed by atoms with Crippen LogP contribution in [0.25, 0.3) is 45.3 Å². The van der Waals surface area contributed by atoms with Crippen LogP contribution in [-0.2, 0) is 120 Å². The van der Waals surface area contributed by atoms with E-state index < -0.39 is 266 Å². The quantitative estimate of drug-likeness (QED) is 0.0164. The molecular formula is C72H94N27O39P5. The fourth-order valence-corrected chi connectivity index (χ4v) is 22.0. The van der Waals surface area contributed by atoms with Gasteiger partial charge in [-0.15, -0.1) is 0 Å². The Morgan fingerprint density at radius 1 is 0.371 bits per heavy atom. The predicted octanol–water partition coefficient (Wildman–Crippen LogP) is -3.94. The number of aliphatic hydroxyl groups is 3. The number of nitrogen functional groups attached to an aromatic ring is 5. The number of imidazole rings is 3. The Hall–Kier alpha value is -10.7. The fourth-order valence-electron chi connectivity index (χ4n) is 17.2. The van der Waals surface area contributed by atoms with E-state index in [1.807, 2.05) is 0 Å². The number of ether oxygens (including phenoxy) is 11. The highest BCUT2D eigenvalue weighted by molar-refractivity contribution is 7.48. The number of aromatic nitrogens is 22. The summed E-state index contributed by atoms with van der Waals surface area (Å²) in [5, 5.41) is 42.9. The molecule has 0 aliphatic carbocycles. The molecule has 6 aliphatic heterocycles. The maximum absolute atomic E-state index is 15.0. The maximum atomic E-state index is 15.0. The van der Waals surface area contributed by atoms with Crippen molar-refractivity contribution in [3.8, 4) is 11.8 Å². The summed E-state index contributed by atoms with van der Waals surface area (Å²) in [4.78, 5) is 172. The average molecular weight is 2120 g/mol. The Morgan fingerprint density at radius 2 is 0.664 bits per heavy atom. The van der Waals surface area contributed by atoms with Crippen LogP contribution in [0.2, 0.25) is 0 Å². The number of anilines is 5. The van der Waals surface area contributed by atoms with Gasteiger partial charge in [0.25, 0.3) is 17.1 Å². The lowest BCUT2D eigenvalue weighted by Crippen LogP contribution is -2.40. The van der Waals surface area contributed by atoms with Crippen LogP contribution in [0.5, 0.6) is 0 Å². The van der Waals surface area contributed by atoms with Gasteiger partial charge < -0.3 is 121 Å². The molecule has 0 radical (unpaired) electrons. The van der Waals surface area contributed by atoms with Crippen LogP contribution in [0.15, 0.2) is 91.9 Å². The summed E-state index contributed by atoms with van der Waals surface area (Å²) in [6.45, 7) is 0.0724. The summed E-state index contributed by atoms with van der Waals surface area (Å²) in [6.07, 6.45) is -36.8. The van der Waals surface area contributed by atoms with Crippen LogP contribution in [-0.4, -0.2) is 332 Å². The second kappa shape index (κ2) is 41.0. The average Bonchev–Trinajstić information content (AvgIpc) is 1.60. The Kier molecular flexibility index (Phi) is 29.7. The van der Waals surface area contributed by atoms with E-state index in [1.165, 1.54) is 32.5 Å². The minimum atomic E-state index is -5.94. The second-order valence-electron chi connectivity index (χ2n) is 32.8. The molecule has 6 saturated heterocycles. The number of aliphatic hydroxyl groups excluding tert-OH is 3. The van der Waals surface area contributed by atoms with Gasteiger partial charge in [0.05, 0.1) is 70.0 Å². The van der Waals surface area contributed by atoms with Gasteiger partial charge in [-0.2, -0.15) is 45.1 Å². The molecule has 11 aromatic rings. The van der Waals surface area contributed by atoms with E-state index in [4.69, 9.17) is 136 Å². The van der Waals surface area contributed by atoms with Crippen molar-refractivity contribution in [3.05, 3.63) is 143 Å². The molecule has 66 nitrogen and oxygen atoms in total. The first-order valence-corrected chi connectivity index (χ1v) is 49.9. The minimum Gasteiger partial charge on any atom is -0.394 e. The van der Waals surface area contributed by atoms with E-state index in [0.29, 0.717) is 22.8 Å². The molecule has 17 heterocycles. The van der Waals surface area contributed by atoms with Crippen molar-refractivity contribution in [3.63, 3.8) is 0 Å². The number of nitrogens with one attached hydrogen (secondary N) is 2. The van der Waals surface area contributed by atoms with Gasteiger partial charge in [-0.3, -0.25) is 92.2 Å². The van der Waals surface area contributed by atoms with E-state index in [-0.39, 0.29) is 62.7 Å². The summed E-state index contributed by atoms with van der Waals surface area (Å²) in [6, 6.07) is 7.08. The Labute approximate surface area is 798 Å². The minimum absolute atomic E-state index is 0.0475. The van der Waals surface area contributed by atoms with Gasteiger partial charge in [-0.1, -0.05) is 0 Å². The number of nitrogens with two attached hydrogens (primary N) is 5. The van der Waals surface area contributed by atoms with Crippen molar-refractivity contribution in [2.24, 2.45) is 0 Å². The number of H-pyrrole nitrogens is 2. The number of phosphoric ester groups is 5. The van der Waals surface area contributed by atoms with Crippen LogP contribution >= 0.6 is 39.1 Å². The number of hydrogen-bond acceptors (Lipinski definition) is 51. The van der Waals surface area contributed by atoms with Gasteiger partial charge in [0.15, 0.2) is 76.7 Å². The molecule has 0 bridgehead atoms. The summed E-state index contributed by atoms with van der Waals surface area (Å²) < 4.78 is 204. The molecule has 0 aromatic carbocycles. The fraction of sp³-hybridized carbons (Fsp3) is 0.542. The van der Waals surface area contributed by atoms with Crippen molar-refractivity contribution < 1.29 is 160 Å². The molecule has 71 heteroatoms. The van der Waals surface area contributed by atoms with Gasteiger partial charge in [-0.25, -0.2) is 61.5 Å². The highest BCUT2D eigenvalue weighted by Gasteiger charge is 2.59. The molecular weight excluding hydrogens is 2020 g/mol. The van der Waals surface area contributed by atoms with E-state index in [1.54, 1.807) is 39.8 Å². The third-order valence-corrected chi connectivity index (χ3v) is 28.4. The topological polar surface area (TPSA) is 882 Å². The molecule has 5 unspecified atom stereocenters. The van der Waals surface area contributed by atoms with Crippen LogP contribution in [0.3, 0.4) is 0 Å². The molecule has 0 saturated carbocycles. The SMILES string of the molecule is CO[C@@H]1[C@H](OP(=O)(O)OC[C@H]2O[C@@H](n3cnc4c(=O)[nH]c(N)nc43)[C@H](OC)[C@@H]2OP(=O)(O)OC[C@H]2O[C@@H](n3ccc(N)nc3=O)[C@H](OC)[C@@H]2OP(=O)(O)OC[C@H]2O[C@@H](n3cnc4c(=O)[nH]c(N)nc43)[C@H](OC)[C@@H]2OP(=O)(O)OC[C@H]2O[C@@H](n3ccc(N)nc3=O)[C@H](OC)[C@@H]2OP(=O)(O)OC[C@H]2O[C@@H](n3cnc4c(-n5nc(C)cc5C)nc(-n5nc(C)cc5C)nc43)[C@H](O)[C@@H]2O)[C@@H](CO)O[C@H]1n1ccc(N)nc1=O. The van der Waals surface area contributed by atoms with Crippen LogP contribution in [0, 0.1) is 27.7 Å². The lowest BCUT2D eigenvalue weighted by Gasteiger charge is -2.28. The number of aromatic amines is 2. The van der Waals surface area contributed by atoms with Crippen molar-refractivity contribution in [1.82, 2.24) is 107 Å². The largest absolute Gasteiger partial charge is 0.472 e. The second-order valence-corrected chi connectivity index (χ2v) is 39.8. The summed E-state index contributed by atoms with van der Waals surface area (Å²) in [5.74, 6) is -1.44. The molecule has 20 N–H and O–H groups in total. The predicted molar refractivity (Wildman–Crippen MR) is 472 cm³/mol. The maximum Gasteiger partial charge on any atom is 0.472 e. The normalized spacial score (nSPS) is 30.0. The Morgan fingerprint density at radius 3 is 0.986 bits per heavy atom. The highest BCUT2D eigenvalue weighted by Crippen LogP contribution is 2.58. The van der Waals surface area contributed by atoms with Gasteiger partial charge in [0.1, 0.15) is 127 Å². The van der Waals surface area contributed by atoms with Crippen LogP contribution in [0.1, 0.15) is 60.1 Å². The molecule has 6 fully saturated rings. The number of rotatable bonds is 39. The lowest BCUT2D eigenvalue weighted by molar-refractivity contribution is -0.0675. The van der Waals surface area contributed by atoms with Crippen molar-refractivity contribution in [1.29, 1.82) is 0 Å². The van der Waals surface area contributed by atoms with Crippen molar-refractivity contribution in [2.75, 3.05) is 104 Å². The number of nitrogens with zero attached hydrogens (tertiary/aromatic N) is 20. The van der Waals surface area contributed by atoms with Gasteiger partial charge >= 0.3 is 56.2 Å². The highest BCUT2D eigenvalue weighted by atomic mass is 31.2. The van der Waals surface area contributed by atoms with Gasteiger partial charge in [0, 0.05) is 65.5 Å². The monoisotopic (exact) mass is 2120 g/mol. The van der Waals surface area contributed by atoms with Crippen LogP contribution < -0.4 is 56.9 Å². The Balaban J connectivity index is 0.617. The zero-order chi connectivity index (χ0) is 102. The third-order valence-electron chi connectivity index (χ3n) is 23.5. The molecule has 776 valence electrons. The number of phosphoric acid groups is 5. The summed E-state index contributed by atoms with van der Waals surface area (Å²) in [7, 11) is -23.7. The van der Waals surface area contributed by atoms with Gasteiger partial charge in [-0.05, 0) is 58.0 Å². The molecule has 11 aromatic heterocycles. The molecule has 29 atom stereocenters.